The molecule has 0 aliphatic rings. The molecule has 0 aliphatic carbocycles. The van der Waals surface area contributed by atoms with Crippen LogP contribution in [0.2, 0.25) is 0 Å². The van der Waals surface area contributed by atoms with Crippen molar-refractivity contribution in [3.63, 3.8) is 0 Å². The predicted octanol–water partition coefficient (Wildman–Crippen LogP) is 1.21. The molecule has 3 heteroatoms. The monoisotopic (exact) mass is 192 g/mol. The molecule has 0 aromatic heterocycles. The Balaban J connectivity index is 2.68. The van der Waals surface area contributed by atoms with E-state index in [-0.39, 0.29) is 18.5 Å². The van der Waals surface area contributed by atoms with Gasteiger partial charge < -0.3 is 11.1 Å². The number of hydrogen-bond acceptors (Lipinski definition) is 2. The summed E-state index contributed by atoms with van der Waals surface area (Å²) in [6, 6.07) is 9.98. The molecule has 14 heavy (non-hydrogen) atoms. The second kappa shape index (κ2) is 5.40. The highest BCUT2D eigenvalue weighted by molar-refractivity contribution is 5.78. The summed E-state index contributed by atoms with van der Waals surface area (Å²) >= 11 is 0. The third kappa shape index (κ3) is 2.85. The molecule has 0 spiro atoms. The van der Waals surface area contributed by atoms with Crippen molar-refractivity contribution in [2.45, 2.75) is 19.4 Å². The van der Waals surface area contributed by atoms with Crippen LogP contribution in [0.1, 0.15) is 24.9 Å². The minimum Gasteiger partial charge on any atom is -0.348 e. The van der Waals surface area contributed by atoms with Gasteiger partial charge in [0.25, 0.3) is 0 Å². The molecule has 1 atom stereocenters. The number of amides is 1. The molecule has 0 radical (unpaired) electrons. The van der Waals surface area contributed by atoms with Crippen molar-refractivity contribution in [1.29, 1.82) is 0 Å². The molecule has 1 aromatic rings. The van der Waals surface area contributed by atoms with Gasteiger partial charge in [-0.2, -0.15) is 0 Å². The third-order valence-corrected chi connectivity index (χ3v) is 2.13. The number of carbonyl (C=O) groups excluding carboxylic acids is 1. The molecule has 1 rings (SSSR count). The van der Waals surface area contributed by atoms with Gasteiger partial charge in [-0.25, -0.2) is 0 Å². The summed E-state index contributed by atoms with van der Waals surface area (Å²) < 4.78 is 0. The van der Waals surface area contributed by atoms with E-state index in [0.717, 1.165) is 12.0 Å². The summed E-state index contributed by atoms with van der Waals surface area (Å²) in [5.74, 6) is -0.110. The highest BCUT2D eigenvalue weighted by Gasteiger charge is 2.10. The number of nitrogens with one attached hydrogen (secondary N) is 1. The largest absolute Gasteiger partial charge is 0.348 e. The molecule has 0 heterocycles. The Labute approximate surface area is 84.3 Å². The lowest BCUT2D eigenvalue weighted by molar-refractivity contribution is -0.120. The molecule has 0 aliphatic heterocycles. The van der Waals surface area contributed by atoms with Crippen molar-refractivity contribution in [3.05, 3.63) is 35.9 Å². The van der Waals surface area contributed by atoms with Crippen LogP contribution < -0.4 is 11.1 Å². The van der Waals surface area contributed by atoms with E-state index in [0.29, 0.717) is 0 Å². The molecule has 0 fully saturated rings. The Kier molecular flexibility index (Phi) is 4.13. The van der Waals surface area contributed by atoms with E-state index in [9.17, 15) is 4.79 Å². The number of hydrogen-bond donors (Lipinski definition) is 2. The lowest BCUT2D eigenvalue weighted by Crippen LogP contribution is -2.33. The fraction of sp³-hybridized carbons (Fsp3) is 0.364. The zero-order valence-electron chi connectivity index (χ0n) is 8.36. The quantitative estimate of drug-likeness (QED) is 0.753. The second-order valence-electron chi connectivity index (χ2n) is 3.14. The predicted molar refractivity (Wildman–Crippen MR) is 56.7 cm³/mol. The highest BCUT2D eigenvalue weighted by atomic mass is 16.1. The number of benzene rings is 1. The van der Waals surface area contributed by atoms with Crippen LogP contribution in [-0.4, -0.2) is 12.5 Å². The topological polar surface area (TPSA) is 55.1 Å². The normalized spacial score (nSPS) is 12.1. The minimum atomic E-state index is -0.110. The minimum absolute atomic E-state index is 0.0450. The van der Waals surface area contributed by atoms with Gasteiger partial charge in [-0.3, -0.25) is 4.79 Å². The number of carbonyl (C=O) groups is 1. The van der Waals surface area contributed by atoms with Crippen LogP contribution in [0.15, 0.2) is 30.3 Å². The lowest BCUT2D eigenvalue weighted by atomic mass is 10.0. The standard InChI is InChI=1S/C11H16N2O/c1-2-10(13-11(14)8-12)9-6-4-3-5-7-9/h3-7,10H,2,8,12H2,1H3,(H,13,14). The summed E-state index contributed by atoms with van der Waals surface area (Å²) in [7, 11) is 0. The number of nitrogens with two attached hydrogens (primary N) is 1. The van der Waals surface area contributed by atoms with Crippen molar-refractivity contribution < 1.29 is 4.79 Å². The Morgan fingerprint density at radius 1 is 1.43 bits per heavy atom. The van der Waals surface area contributed by atoms with Crippen molar-refractivity contribution in [3.8, 4) is 0 Å². The molecule has 0 saturated carbocycles. The Morgan fingerprint density at radius 2 is 2.07 bits per heavy atom. The first-order chi connectivity index (χ1) is 6.77. The third-order valence-electron chi connectivity index (χ3n) is 2.13. The molecule has 1 aromatic carbocycles. The van der Waals surface area contributed by atoms with Gasteiger partial charge in [0.05, 0.1) is 12.6 Å². The average Bonchev–Trinajstić information content (AvgIpc) is 2.26. The van der Waals surface area contributed by atoms with Crippen LogP contribution in [0.3, 0.4) is 0 Å². The molecule has 1 unspecified atom stereocenters. The van der Waals surface area contributed by atoms with Crippen LogP contribution in [0.25, 0.3) is 0 Å². The summed E-state index contributed by atoms with van der Waals surface area (Å²) in [6.07, 6.45) is 0.871. The van der Waals surface area contributed by atoms with E-state index in [1.165, 1.54) is 0 Å². The number of rotatable bonds is 4. The molecule has 1 amide bonds. The van der Waals surface area contributed by atoms with Crippen molar-refractivity contribution >= 4 is 5.91 Å². The molecule has 76 valence electrons. The summed E-state index contributed by atoms with van der Waals surface area (Å²) in [5.41, 5.74) is 6.36. The fourth-order valence-corrected chi connectivity index (χ4v) is 1.36. The summed E-state index contributed by atoms with van der Waals surface area (Å²) in [5, 5.41) is 2.87. The van der Waals surface area contributed by atoms with Gasteiger partial charge in [0, 0.05) is 0 Å². The van der Waals surface area contributed by atoms with Crippen molar-refractivity contribution in [2.75, 3.05) is 6.54 Å². The van der Waals surface area contributed by atoms with E-state index in [4.69, 9.17) is 5.73 Å². The summed E-state index contributed by atoms with van der Waals surface area (Å²) in [4.78, 5) is 11.1. The molecule has 0 bridgehead atoms. The SMILES string of the molecule is CCC(NC(=O)CN)c1ccccc1. The van der Waals surface area contributed by atoms with Gasteiger partial charge in [-0.05, 0) is 12.0 Å². The average molecular weight is 192 g/mol. The second-order valence-corrected chi connectivity index (χ2v) is 3.14. The first kappa shape index (κ1) is 10.7. The van der Waals surface area contributed by atoms with Gasteiger partial charge in [0.15, 0.2) is 0 Å². The van der Waals surface area contributed by atoms with E-state index >= 15 is 0 Å². The van der Waals surface area contributed by atoms with Crippen LogP contribution in [0.4, 0.5) is 0 Å². The van der Waals surface area contributed by atoms with Crippen LogP contribution in [0.5, 0.6) is 0 Å². The van der Waals surface area contributed by atoms with Gasteiger partial charge in [0.2, 0.25) is 5.91 Å². The van der Waals surface area contributed by atoms with E-state index in [1.807, 2.05) is 37.3 Å². The molecular formula is C11H16N2O. The first-order valence-corrected chi connectivity index (χ1v) is 4.82. The highest BCUT2D eigenvalue weighted by Crippen LogP contribution is 2.15. The van der Waals surface area contributed by atoms with Gasteiger partial charge in [-0.1, -0.05) is 37.3 Å². The Hall–Kier alpha value is -1.35. The smallest absolute Gasteiger partial charge is 0.234 e. The molecule has 3 nitrogen and oxygen atoms in total. The van der Waals surface area contributed by atoms with Crippen LogP contribution >= 0.6 is 0 Å². The maximum absolute atomic E-state index is 11.1. The summed E-state index contributed by atoms with van der Waals surface area (Å²) in [6.45, 7) is 2.08. The van der Waals surface area contributed by atoms with Gasteiger partial charge >= 0.3 is 0 Å². The zero-order chi connectivity index (χ0) is 10.4. The maximum Gasteiger partial charge on any atom is 0.234 e. The molecule has 3 N–H and O–H groups in total. The van der Waals surface area contributed by atoms with E-state index in [1.54, 1.807) is 0 Å². The van der Waals surface area contributed by atoms with E-state index in [2.05, 4.69) is 5.32 Å². The molecular weight excluding hydrogens is 176 g/mol. The molecule has 0 saturated heterocycles. The van der Waals surface area contributed by atoms with E-state index < -0.39 is 0 Å². The van der Waals surface area contributed by atoms with Crippen molar-refractivity contribution in [1.82, 2.24) is 5.32 Å². The maximum atomic E-state index is 11.1. The van der Waals surface area contributed by atoms with Gasteiger partial charge in [0.1, 0.15) is 0 Å². The Morgan fingerprint density at radius 3 is 2.57 bits per heavy atom. The zero-order valence-corrected chi connectivity index (χ0v) is 8.36. The van der Waals surface area contributed by atoms with Crippen LogP contribution in [-0.2, 0) is 4.79 Å². The lowest BCUT2D eigenvalue weighted by Gasteiger charge is -2.16. The Bertz CT molecular complexity index is 285. The first-order valence-electron chi connectivity index (χ1n) is 4.82. The fourth-order valence-electron chi connectivity index (χ4n) is 1.36. The van der Waals surface area contributed by atoms with Gasteiger partial charge in [-0.15, -0.1) is 0 Å². The van der Waals surface area contributed by atoms with Crippen molar-refractivity contribution in [2.24, 2.45) is 5.73 Å². The van der Waals surface area contributed by atoms with Crippen LogP contribution in [0, 0.1) is 0 Å².